The minimum atomic E-state index is -0.304. The number of thioether (sulfide) groups is 1. The number of allylic oxidation sites excluding steroid dienone is 1. The van der Waals surface area contributed by atoms with Crippen molar-refractivity contribution in [2.45, 2.75) is 26.5 Å². The minimum absolute atomic E-state index is 0.220. The summed E-state index contributed by atoms with van der Waals surface area (Å²) >= 11 is 4.41. The van der Waals surface area contributed by atoms with E-state index in [1.165, 1.54) is 4.90 Å². The third kappa shape index (κ3) is 6.16. The van der Waals surface area contributed by atoms with Gasteiger partial charge in [-0.15, -0.1) is 6.58 Å². The molecule has 7 heteroatoms. The summed E-state index contributed by atoms with van der Waals surface area (Å²) in [5, 5.41) is 1.82. The lowest BCUT2D eigenvalue weighted by molar-refractivity contribution is -0.123. The van der Waals surface area contributed by atoms with Gasteiger partial charge in [-0.3, -0.25) is 14.5 Å². The van der Waals surface area contributed by atoms with E-state index in [1.807, 2.05) is 85.8 Å². The maximum absolute atomic E-state index is 13.4. The predicted molar refractivity (Wildman–Crippen MR) is 165 cm³/mol. The van der Waals surface area contributed by atoms with Gasteiger partial charge in [-0.25, -0.2) is 0 Å². The molecule has 1 saturated heterocycles. The third-order valence-corrected chi connectivity index (χ3v) is 7.93. The number of nitrogens with zero attached hydrogens (tertiary/aromatic N) is 1. The molecule has 202 valence electrons. The van der Waals surface area contributed by atoms with Gasteiger partial charge in [-0.05, 0) is 82.9 Å². The third-order valence-electron chi connectivity index (χ3n) is 6.49. The molecule has 0 N–H and O–H groups in total. The van der Waals surface area contributed by atoms with E-state index in [0.29, 0.717) is 36.0 Å². The van der Waals surface area contributed by atoms with Gasteiger partial charge in [-0.2, -0.15) is 0 Å². The zero-order valence-corrected chi connectivity index (χ0v) is 24.5. The molecule has 0 bridgehead atoms. The fraction of sp³-hybridized carbons (Fsp3) is 0.152. The van der Waals surface area contributed by atoms with Gasteiger partial charge in [0.1, 0.15) is 6.61 Å². The van der Waals surface area contributed by atoms with Crippen LogP contribution in [0.4, 0.5) is 4.79 Å². The first-order valence-corrected chi connectivity index (χ1v) is 14.6. The quantitative estimate of drug-likeness (QED) is 0.132. The Balaban J connectivity index is 1.42. The van der Waals surface area contributed by atoms with E-state index in [2.05, 4.69) is 22.5 Å². The highest BCUT2D eigenvalue weighted by Gasteiger charge is 2.35. The van der Waals surface area contributed by atoms with E-state index in [9.17, 15) is 9.59 Å². The van der Waals surface area contributed by atoms with Crippen LogP contribution in [0.25, 0.3) is 16.8 Å². The van der Waals surface area contributed by atoms with Crippen molar-refractivity contribution < 1.29 is 19.1 Å². The summed E-state index contributed by atoms with van der Waals surface area (Å²) < 4.78 is 13.2. The standard InChI is InChI=1S/C33H28BrNO4S/c1-3-8-25-17-23(18-29(38-4-2)31(25)39-21-22-13-15-27(34)16-14-22)19-30-32(36)35(33(37)40-30)20-26-11-7-10-24-9-5-6-12-28(24)26/h3,5-7,9-19H,1,4,8,20-21H2,2H3/b30-19+. The smallest absolute Gasteiger partial charge is 0.293 e. The molecule has 40 heavy (non-hydrogen) atoms. The number of rotatable bonds is 10. The molecule has 1 heterocycles. The van der Waals surface area contributed by atoms with Crippen LogP contribution in [0.5, 0.6) is 11.5 Å². The van der Waals surface area contributed by atoms with Gasteiger partial charge in [0.25, 0.3) is 11.1 Å². The number of carbonyl (C=O) groups excluding carboxylic acids is 2. The Kier molecular flexibility index (Phi) is 8.72. The van der Waals surface area contributed by atoms with Gasteiger partial charge in [0.05, 0.1) is 18.1 Å². The molecule has 0 radical (unpaired) electrons. The van der Waals surface area contributed by atoms with Crippen LogP contribution in [0.15, 0.2) is 101 Å². The molecular weight excluding hydrogens is 586 g/mol. The van der Waals surface area contributed by atoms with Crippen LogP contribution in [-0.2, 0) is 24.4 Å². The lowest BCUT2D eigenvalue weighted by Gasteiger charge is -2.17. The maximum atomic E-state index is 13.4. The Morgan fingerprint density at radius 1 is 0.950 bits per heavy atom. The van der Waals surface area contributed by atoms with E-state index in [-0.39, 0.29) is 17.7 Å². The molecule has 0 unspecified atom stereocenters. The molecule has 4 aromatic carbocycles. The number of fused-ring (bicyclic) bond motifs is 1. The molecular formula is C33H28BrNO4S. The number of hydrogen-bond acceptors (Lipinski definition) is 5. The summed E-state index contributed by atoms with van der Waals surface area (Å²) in [4.78, 5) is 28.0. The monoisotopic (exact) mass is 613 g/mol. The van der Waals surface area contributed by atoms with E-state index in [4.69, 9.17) is 9.47 Å². The average Bonchev–Trinajstić information content (AvgIpc) is 3.21. The van der Waals surface area contributed by atoms with E-state index in [1.54, 1.807) is 12.2 Å². The first-order chi connectivity index (χ1) is 19.5. The van der Waals surface area contributed by atoms with Crippen LogP contribution in [0.2, 0.25) is 0 Å². The fourth-order valence-electron chi connectivity index (χ4n) is 4.63. The predicted octanol–water partition coefficient (Wildman–Crippen LogP) is 8.55. The Bertz CT molecular complexity index is 1610. The van der Waals surface area contributed by atoms with Crippen molar-refractivity contribution in [1.29, 1.82) is 0 Å². The Morgan fingerprint density at radius 3 is 2.50 bits per heavy atom. The van der Waals surface area contributed by atoms with Crippen molar-refractivity contribution in [3.05, 3.63) is 123 Å². The SMILES string of the molecule is C=CCc1cc(/C=C2/SC(=O)N(Cc3cccc4ccccc34)C2=O)cc(OCC)c1OCc1ccc(Br)cc1. The highest BCUT2D eigenvalue weighted by molar-refractivity contribution is 9.10. The largest absolute Gasteiger partial charge is 0.490 e. The molecule has 1 fully saturated rings. The van der Waals surface area contributed by atoms with Gasteiger partial charge in [-0.1, -0.05) is 76.6 Å². The summed E-state index contributed by atoms with van der Waals surface area (Å²) in [5.74, 6) is 0.924. The molecule has 2 amide bonds. The molecule has 0 saturated carbocycles. The average molecular weight is 615 g/mol. The van der Waals surface area contributed by atoms with Gasteiger partial charge in [0.15, 0.2) is 11.5 Å². The van der Waals surface area contributed by atoms with Gasteiger partial charge in [0.2, 0.25) is 0 Å². The number of hydrogen-bond donors (Lipinski definition) is 0. The number of imide groups is 1. The van der Waals surface area contributed by atoms with Crippen LogP contribution in [0, 0.1) is 0 Å². The van der Waals surface area contributed by atoms with Crippen LogP contribution in [-0.4, -0.2) is 22.7 Å². The van der Waals surface area contributed by atoms with Crippen molar-refractivity contribution in [1.82, 2.24) is 4.90 Å². The minimum Gasteiger partial charge on any atom is -0.490 e. The second-order valence-corrected chi connectivity index (χ2v) is 11.2. The first kappa shape index (κ1) is 27.7. The number of carbonyl (C=O) groups is 2. The van der Waals surface area contributed by atoms with Crippen molar-refractivity contribution in [2.75, 3.05) is 6.61 Å². The number of ether oxygens (including phenoxy) is 2. The summed E-state index contributed by atoms with van der Waals surface area (Å²) in [6, 6.07) is 25.7. The van der Waals surface area contributed by atoms with E-state index >= 15 is 0 Å². The lowest BCUT2D eigenvalue weighted by Crippen LogP contribution is -2.27. The first-order valence-electron chi connectivity index (χ1n) is 13.0. The fourth-order valence-corrected chi connectivity index (χ4v) is 5.73. The number of amides is 2. The highest BCUT2D eigenvalue weighted by atomic mass is 79.9. The maximum Gasteiger partial charge on any atom is 0.293 e. The molecule has 4 aromatic rings. The molecule has 5 rings (SSSR count). The van der Waals surface area contributed by atoms with Crippen LogP contribution in [0.3, 0.4) is 0 Å². The zero-order valence-electron chi connectivity index (χ0n) is 22.1. The zero-order chi connectivity index (χ0) is 28.1. The van der Waals surface area contributed by atoms with Crippen molar-refractivity contribution in [2.24, 2.45) is 0 Å². The van der Waals surface area contributed by atoms with E-state index in [0.717, 1.165) is 49.3 Å². The summed E-state index contributed by atoms with van der Waals surface area (Å²) in [6.07, 6.45) is 4.11. The van der Waals surface area contributed by atoms with Crippen LogP contribution >= 0.6 is 27.7 Å². The summed E-state index contributed by atoms with van der Waals surface area (Å²) in [5.41, 5.74) is 3.60. The second-order valence-electron chi connectivity index (χ2n) is 9.25. The number of benzene rings is 4. The van der Waals surface area contributed by atoms with Crippen molar-refractivity contribution in [3.63, 3.8) is 0 Å². The molecule has 1 aliphatic heterocycles. The molecule has 0 aromatic heterocycles. The van der Waals surface area contributed by atoms with Crippen LogP contribution < -0.4 is 9.47 Å². The summed E-state index contributed by atoms with van der Waals surface area (Å²) in [7, 11) is 0. The summed E-state index contributed by atoms with van der Waals surface area (Å²) in [6.45, 7) is 6.86. The molecule has 0 spiro atoms. The van der Waals surface area contributed by atoms with Crippen LogP contribution in [0.1, 0.15) is 29.2 Å². The van der Waals surface area contributed by atoms with E-state index < -0.39 is 0 Å². The Labute approximate surface area is 246 Å². The topological polar surface area (TPSA) is 55.8 Å². The molecule has 0 atom stereocenters. The number of halogens is 1. The molecule has 0 aliphatic carbocycles. The highest BCUT2D eigenvalue weighted by Crippen LogP contribution is 2.38. The van der Waals surface area contributed by atoms with Crippen molar-refractivity contribution >= 4 is 55.7 Å². The van der Waals surface area contributed by atoms with Gasteiger partial charge in [0, 0.05) is 10.0 Å². The molecule has 1 aliphatic rings. The normalized spacial score (nSPS) is 14.2. The molecule has 5 nitrogen and oxygen atoms in total. The van der Waals surface area contributed by atoms with Gasteiger partial charge >= 0.3 is 0 Å². The second kappa shape index (κ2) is 12.6. The van der Waals surface area contributed by atoms with Crippen molar-refractivity contribution in [3.8, 4) is 11.5 Å². The lowest BCUT2D eigenvalue weighted by atomic mass is 10.0. The Morgan fingerprint density at radius 2 is 1.73 bits per heavy atom. The van der Waals surface area contributed by atoms with Gasteiger partial charge < -0.3 is 9.47 Å². The Hall–Kier alpha value is -3.81.